The van der Waals surface area contributed by atoms with E-state index in [1.165, 1.54) is 0 Å². The number of hydrogen-bond donors (Lipinski definition) is 1. The van der Waals surface area contributed by atoms with Crippen LogP contribution in [-0.4, -0.2) is 9.78 Å². The molecule has 0 spiro atoms. The Balaban J connectivity index is 1.40. The minimum absolute atomic E-state index is 0.283. The number of hydrogen-bond acceptors (Lipinski definition) is 5. The van der Waals surface area contributed by atoms with Gasteiger partial charge in [0.05, 0.1) is 0 Å². The number of rotatable bonds is 7. The van der Waals surface area contributed by atoms with E-state index in [2.05, 4.69) is 10.4 Å². The molecule has 0 bridgehead atoms. The minimum Gasteiger partial charge on any atom is -0.489 e. The summed E-state index contributed by atoms with van der Waals surface area (Å²) in [5, 5.41) is 9.04. The highest BCUT2D eigenvalue weighted by molar-refractivity contribution is 7.71. The normalized spacial score (nSPS) is 10.7. The van der Waals surface area contributed by atoms with Crippen LogP contribution in [0.15, 0.2) is 77.2 Å². The van der Waals surface area contributed by atoms with Gasteiger partial charge in [-0.25, -0.2) is 4.68 Å². The van der Waals surface area contributed by atoms with Crippen LogP contribution >= 0.6 is 35.4 Å². The van der Waals surface area contributed by atoms with Gasteiger partial charge in [-0.2, -0.15) is 0 Å². The number of benzene rings is 3. The summed E-state index contributed by atoms with van der Waals surface area (Å²) in [5.41, 5.74) is 2.64. The van der Waals surface area contributed by atoms with E-state index in [1.54, 1.807) is 4.68 Å². The fourth-order valence-electron chi connectivity index (χ4n) is 2.73. The van der Waals surface area contributed by atoms with Crippen molar-refractivity contribution in [2.75, 3.05) is 5.32 Å². The van der Waals surface area contributed by atoms with Crippen LogP contribution in [0.3, 0.4) is 0 Å². The summed E-state index contributed by atoms with van der Waals surface area (Å²) in [6.45, 7) is 0.772. The molecule has 5 nitrogen and oxygen atoms in total. The first-order chi connectivity index (χ1) is 14.6. The molecule has 0 amide bonds. The molecule has 8 heteroatoms. The van der Waals surface area contributed by atoms with E-state index in [4.69, 9.17) is 44.6 Å². The van der Waals surface area contributed by atoms with Crippen molar-refractivity contribution in [3.05, 3.63) is 93.2 Å². The van der Waals surface area contributed by atoms with Crippen LogP contribution in [0.5, 0.6) is 5.75 Å². The van der Waals surface area contributed by atoms with E-state index in [9.17, 15) is 0 Å². The molecule has 4 rings (SSSR count). The van der Waals surface area contributed by atoms with Crippen molar-refractivity contribution in [3.63, 3.8) is 0 Å². The van der Waals surface area contributed by atoms with Gasteiger partial charge >= 0.3 is 0 Å². The number of nitrogens with zero attached hydrogens (tertiary/aromatic N) is 2. The number of anilines is 1. The molecule has 1 heterocycles. The van der Waals surface area contributed by atoms with Crippen LogP contribution in [0.2, 0.25) is 10.0 Å². The van der Waals surface area contributed by atoms with Crippen molar-refractivity contribution < 1.29 is 9.15 Å². The molecule has 4 aromatic rings. The average molecular weight is 458 g/mol. The molecule has 0 aliphatic carbocycles. The van der Waals surface area contributed by atoms with Gasteiger partial charge in [0.2, 0.25) is 5.89 Å². The lowest BCUT2D eigenvalue weighted by Gasteiger charge is -2.08. The third kappa shape index (κ3) is 5.02. The second-order valence-corrected chi connectivity index (χ2v) is 7.61. The maximum Gasteiger partial charge on any atom is 0.289 e. The summed E-state index contributed by atoms with van der Waals surface area (Å²) in [7, 11) is 0. The van der Waals surface area contributed by atoms with Crippen molar-refractivity contribution >= 4 is 41.1 Å². The summed E-state index contributed by atoms with van der Waals surface area (Å²) in [5.74, 6) is 1.16. The summed E-state index contributed by atoms with van der Waals surface area (Å²) in [6.07, 6.45) is 0. The molecule has 152 valence electrons. The summed E-state index contributed by atoms with van der Waals surface area (Å²) in [6, 6.07) is 22.5. The topological polar surface area (TPSA) is 52.2 Å². The van der Waals surface area contributed by atoms with E-state index >= 15 is 0 Å². The monoisotopic (exact) mass is 457 g/mol. The van der Waals surface area contributed by atoms with Crippen molar-refractivity contribution in [1.82, 2.24) is 9.78 Å². The predicted octanol–water partition coefficient (Wildman–Crippen LogP) is 6.83. The van der Waals surface area contributed by atoms with E-state index in [0.717, 1.165) is 22.6 Å². The molecular weight excluding hydrogens is 441 g/mol. The van der Waals surface area contributed by atoms with Crippen molar-refractivity contribution in [3.8, 4) is 17.2 Å². The standard InChI is InChI=1S/C22H17Cl2N3O2S/c23-17-7-9-18(10-8-17)25-14-27-22(30)29-21(26-27)15-5-11-19(12-6-15)28-13-16-3-1-2-4-20(16)24/h1-12,25H,13-14H2. The highest BCUT2D eigenvalue weighted by atomic mass is 35.5. The lowest BCUT2D eigenvalue weighted by molar-refractivity contribution is 0.306. The average Bonchev–Trinajstić information content (AvgIpc) is 3.14. The van der Waals surface area contributed by atoms with Gasteiger partial charge in [-0.1, -0.05) is 41.4 Å². The Morgan fingerprint density at radius 3 is 2.43 bits per heavy atom. The number of ether oxygens (including phenoxy) is 1. The highest BCUT2D eigenvalue weighted by Crippen LogP contribution is 2.23. The fourth-order valence-corrected chi connectivity index (χ4v) is 3.23. The first-order valence-electron chi connectivity index (χ1n) is 9.12. The van der Waals surface area contributed by atoms with E-state index < -0.39 is 0 Å². The predicted molar refractivity (Wildman–Crippen MR) is 122 cm³/mol. The third-order valence-corrected chi connectivity index (χ3v) is 5.25. The molecule has 1 aromatic heterocycles. The number of halogens is 2. The van der Waals surface area contributed by atoms with Crippen LogP contribution in [-0.2, 0) is 13.3 Å². The molecule has 0 aliphatic heterocycles. The van der Waals surface area contributed by atoms with Crippen LogP contribution in [0.4, 0.5) is 5.69 Å². The van der Waals surface area contributed by atoms with Crippen LogP contribution < -0.4 is 10.1 Å². The van der Waals surface area contributed by atoms with E-state index in [-0.39, 0.29) is 4.84 Å². The Bertz CT molecular complexity index is 1190. The van der Waals surface area contributed by atoms with Crippen molar-refractivity contribution in [2.45, 2.75) is 13.3 Å². The van der Waals surface area contributed by atoms with Crippen molar-refractivity contribution in [1.29, 1.82) is 0 Å². The van der Waals surface area contributed by atoms with E-state index in [1.807, 2.05) is 72.8 Å². The Labute approximate surface area is 188 Å². The Morgan fingerprint density at radius 2 is 1.70 bits per heavy atom. The first kappa shape index (κ1) is 20.5. The summed E-state index contributed by atoms with van der Waals surface area (Å²) >= 11 is 17.3. The fraction of sp³-hybridized carbons (Fsp3) is 0.0909. The quantitative estimate of drug-likeness (QED) is 0.308. The van der Waals surface area contributed by atoms with Crippen LogP contribution in [0.1, 0.15) is 5.56 Å². The molecule has 3 aromatic carbocycles. The van der Waals surface area contributed by atoms with Crippen molar-refractivity contribution in [2.24, 2.45) is 0 Å². The highest BCUT2D eigenvalue weighted by Gasteiger charge is 2.09. The molecule has 0 saturated carbocycles. The molecule has 0 saturated heterocycles. The lowest BCUT2D eigenvalue weighted by atomic mass is 10.2. The second-order valence-electron chi connectivity index (χ2n) is 6.42. The first-order valence-corrected chi connectivity index (χ1v) is 10.3. The molecule has 0 aliphatic rings. The second kappa shape index (κ2) is 9.34. The van der Waals surface area contributed by atoms with Gasteiger partial charge in [0.15, 0.2) is 0 Å². The third-order valence-electron chi connectivity index (χ3n) is 4.34. The maximum absolute atomic E-state index is 6.16. The SMILES string of the molecule is S=c1oc(-c2ccc(OCc3ccccc3Cl)cc2)nn1CNc1ccc(Cl)cc1. The Morgan fingerprint density at radius 1 is 0.967 bits per heavy atom. The van der Waals surface area contributed by atoms with Crippen LogP contribution in [0, 0.1) is 4.84 Å². The van der Waals surface area contributed by atoms with Gasteiger partial charge in [-0.05, 0) is 66.8 Å². The number of nitrogens with one attached hydrogen (secondary N) is 1. The minimum atomic E-state index is 0.283. The molecule has 1 N–H and O–H groups in total. The summed E-state index contributed by atoms with van der Waals surface area (Å²) < 4.78 is 13.0. The van der Waals surface area contributed by atoms with Crippen LogP contribution in [0.25, 0.3) is 11.5 Å². The molecule has 30 heavy (non-hydrogen) atoms. The van der Waals surface area contributed by atoms with Gasteiger partial charge in [0.1, 0.15) is 19.0 Å². The van der Waals surface area contributed by atoms with Gasteiger partial charge in [-0.15, -0.1) is 5.10 Å². The van der Waals surface area contributed by atoms with Gasteiger partial charge in [0.25, 0.3) is 4.84 Å². The Hall–Kier alpha value is -2.80. The molecule has 0 radical (unpaired) electrons. The van der Waals surface area contributed by atoms with Gasteiger partial charge in [-0.3, -0.25) is 0 Å². The maximum atomic E-state index is 6.16. The lowest BCUT2D eigenvalue weighted by Crippen LogP contribution is -2.09. The molecule has 0 unspecified atom stereocenters. The smallest absolute Gasteiger partial charge is 0.289 e. The van der Waals surface area contributed by atoms with Gasteiger partial charge < -0.3 is 14.5 Å². The summed E-state index contributed by atoms with van der Waals surface area (Å²) in [4.78, 5) is 0.283. The largest absolute Gasteiger partial charge is 0.489 e. The molecular formula is C22H17Cl2N3O2S. The molecule has 0 atom stereocenters. The van der Waals surface area contributed by atoms with Gasteiger partial charge in [0, 0.05) is 26.9 Å². The molecule has 0 fully saturated rings. The zero-order valence-corrected chi connectivity index (χ0v) is 18.0. The number of aromatic nitrogens is 2. The Kier molecular flexibility index (Phi) is 6.38. The zero-order valence-electron chi connectivity index (χ0n) is 15.7. The zero-order chi connectivity index (χ0) is 20.9. The van der Waals surface area contributed by atoms with E-state index in [0.29, 0.717) is 29.2 Å².